The molecule has 4 nitrogen and oxygen atoms in total. The van der Waals surface area contributed by atoms with Crippen molar-refractivity contribution in [2.45, 2.75) is 26.8 Å². The minimum absolute atomic E-state index is 0.0238. The van der Waals surface area contributed by atoms with Gasteiger partial charge in [0.2, 0.25) is 5.78 Å². The molecule has 0 spiro atoms. The van der Waals surface area contributed by atoms with E-state index in [1.165, 1.54) is 0 Å². The Balaban J connectivity index is 2.36. The first-order valence-electron chi connectivity index (χ1n) is 6.38. The molecule has 1 heterocycles. The van der Waals surface area contributed by atoms with Crippen LogP contribution in [0.5, 0.6) is 5.75 Å². The van der Waals surface area contributed by atoms with Gasteiger partial charge in [-0.25, -0.2) is 0 Å². The number of carbonyl (C=O) groups is 1. The maximum Gasteiger partial charge on any atom is 0.211 e. The first-order chi connectivity index (χ1) is 9.17. The van der Waals surface area contributed by atoms with Crippen LogP contribution in [0.3, 0.4) is 0 Å². The van der Waals surface area contributed by atoms with Gasteiger partial charge in [0.25, 0.3) is 0 Å². The van der Waals surface area contributed by atoms with E-state index in [2.05, 4.69) is 12.0 Å². The van der Waals surface area contributed by atoms with Gasteiger partial charge >= 0.3 is 0 Å². The molecule has 100 valence electrons. The van der Waals surface area contributed by atoms with Gasteiger partial charge in [-0.05, 0) is 31.0 Å². The molecule has 0 atom stereocenters. The van der Waals surface area contributed by atoms with Crippen LogP contribution in [0.4, 0.5) is 0 Å². The summed E-state index contributed by atoms with van der Waals surface area (Å²) in [5.74, 6) is 0.705. The Hall–Kier alpha value is -2.10. The van der Waals surface area contributed by atoms with Crippen molar-refractivity contribution in [2.75, 3.05) is 7.11 Å². The fourth-order valence-corrected chi connectivity index (χ4v) is 2.02. The molecule has 4 heteroatoms. The molecule has 2 aromatic rings. The summed E-state index contributed by atoms with van der Waals surface area (Å²) in [4.78, 5) is 12.5. The lowest BCUT2D eigenvalue weighted by molar-refractivity contribution is 0.102. The van der Waals surface area contributed by atoms with Crippen molar-refractivity contribution >= 4 is 5.78 Å². The second-order valence-electron chi connectivity index (χ2n) is 4.45. The summed E-state index contributed by atoms with van der Waals surface area (Å²) in [6.45, 7) is 4.76. The van der Waals surface area contributed by atoms with Gasteiger partial charge in [0.05, 0.1) is 7.11 Å². The Morgan fingerprint density at radius 1 is 1.37 bits per heavy atom. The first-order valence-corrected chi connectivity index (χ1v) is 6.38. The summed E-state index contributed by atoms with van der Waals surface area (Å²) in [7, 11) is 1.61. The standard InChI is InChI=1S/C15H18N2O2/c1-4-9-17-13(7-8-16-17)15(18)12-6-5-11(2)14(10-12)19-3/h5-8,10H,4,9H2,1-3H3. The molecular formula is C15H18N2O2. The lowest BCUT2D eigenvalue weighted by Crippen LogP contribution is -2.11. The highest BCUT2D eigenvalue weighted by Crippen LogP contribution is 2.21. The third-order valence-corrected chi connectivity index (χ3v) is 3.05. The number of methoxy groups -OCH3 is 1. The van der Waals surface area contributed by atoms with Gasteiger partial charge < -0.3 is 4.74 Å². The Morgan fingerprint density at radius 2 is 2.16 bits per heavy atom. The van der Waals surface area contributed by atoms with Crippen molar-refractivity contribution in [3.8, 4) is 5.75 Å². The molecule has 0 amide bonds. The predicted molar refractivity (Wildman–Crippen MR) is 73.7 cm³/mol. The van der Waals surface area contributed by atoms with Gasteiger partial charge in [-0.2, -0.15) is 5.10 Å². The molecule has 0 radical (unpaired) electrons. The monoisotopic (exact) mass is 258 g/mol. The van der Waals surface area contributed by atoms with E-state index in [4.69, 9.17) is 4.74 Å². The minimum Gasteiger partial charge on any atom is -0.496 e. The van der Waals surface area contributed by atoms with Crippen molar-refractivity contribution in [1.29, 1.82) is 0 Å². The molecular weight excluding hydrogens is 240 g/mol. The van der Waals surface area contributed by atoms with E-state index in [1.807, 2.05) is 19.1 Å². The zero-order chi connectivity index (χ0) is 13.8. The average Bonchev–Trinajstić information content (AvgIpc) is 2.87. The van der Waals surface area contributed by atoms with Gasteiger partial charge in [-0.15, -0.1) is 0 Å². The highest BCUT2D eigenvalue weighted by atomic mass is 16.5. The van der Waals surface area contributed by atoms with E-state index in [9.17, 15) is 4.79 Å². The Labute approximate surface area is 113 Å². The van der Waals surface area contributed by atoms with Crippen LogP contribution in [0.15, 0.2) is 30.5 Å². The van der Waals surface area contributed by atoms with E-state index in [0.29, 0.717) is 11.3 Å². The summed E-state index contributed by atoms with van der Waals surface area (Å²) in [6, 6.07) is 7.25. The van der Waals surface area contributed by atoms with Crippen LogP contribution >= 0.6 is 0 Å². The number of rotatable bonds is 5. The van der Waals surface area contributed by atoms with Crippen molar-refractivity contribution < 1.29 is 9.53 Å². The zero-order valence-electron chi connectivity index (χ0n) is 11.5. The number of hydrogen-bond donors (Lipinski definition) is 0. The molecule has 1 aromatic heterocycles. The maximum absolute atomic E-state index is 12.5. The number of hydrogen-bond acceptors (Lipinski definition) is 3. The number of nitrogens with zero attached hydrogens (tertiary/aromatic N) is 2. The number of aromatic nitrogens is 2. The molecule has 19 heavy (non-hydrogen) atoms. The summed E-state index contributed by atoms with van der Waals surface area (Å²) in [5, 5.41) is 4.18. The first kappa shape index (κ1) is 13.3. The van der Waals surface area contributed by atoms with E-state index >= 15 is 0 Å². The molecule has 2 rings (SSSR count). The number of carbonyl (C=O) groups excluding carboxylic acids is 1. The zero-order valence-corrected chi connectivity index (χ0v) is 11.5. The second-order valence-corrected chi connectivity index (χ2v) is 4.45. The topological polar surface area (TPSA) is 44.1 Å². The fraction of sp³-hybridized carbons (Fsp3) is 0.333. The fourth-order valence-electron chi connectivity index (χ4n) is 2.02. The molecule has 0 saturated heterocycles. The Morgan fingerprint density at radius 3 is 2.84 bits per heavy atom. The largest absolute Gasteiger partial charge is 0.496 e. The highest BCUT2D eigenvalue weighted by molar-refractivity contribution is 6.08. The van der Waals surface area contributed by atoms with Crippen molar-refractivity contribution in [1.82, 2.24) is 9.78 Å². The quantitative estimate of drug-likeness (QED) is 0.775. The molecule has 0 bridgehead atoms. The van der Waals surface area contributed by atoms with Crippen molar-refractivity contribution in [2.24, 2.45) is 0 Å². The minimum atomic E-state index is -0.0238. The molecule has 0 fully saturated rings. The average molecular weight is 258 g/mol. The molecule has 1 aromatic carbocycles. The van der Waals surface area contributed by atoms with Crippen LogP contribution < -0.4 is 4.74 Å². The molecule has 0 N–H and O–H groups in total. The second kappa shape index (κ2) is 5.69. The summed E-state index contributed by atoms with van der Waals surface area (Å²) >= 11 is 0. The lowest BCUT2D eigenvalue weighted by atomic mass is 10.1. The normalized spacial score (nSPS) is 10.5. The van der Waals surface area contributed by atoms with Crippen LogP contribution in [-0.4, -0.2) is 22.7 Å². The Bertz CT molecular complexity index is 588. The molecule has 0 aliphatic carbocycles. The lowest BCUT2D eigenvalue weighted by Gasteiger charge is -2.08. The summed E-state index contributed by atoms with van der Waals surface area (Å²) in [6.07, 6.45) is 2.60. The SMILES string of the molecule is CCCn1nccc1C(=O)c1ccc(C)c(OC)c1. The van der Waals surface area contributed by atoms with Gasteiger partial charge in [0.1, 0.15) is 11.4 Å². The van der Waals surface area contributed by atoms with Gasteiger partial charge in [0.15, 0.2) is 0 Å². The smallest absolute Gasteiger partial charge is 0.211 e. The van der Waals surface area contributed by atoms with Gasteiger partial charge in [-0.3, -0.25) is 9.48 Å². The number of ketones is 1. The van der Waals surface area contributed by atoms with Crippen LogP contribution in [0, 0.1) is 6.92 Å². The third-order valence-electron chi connectivity index (χ3n) is 3.05. The van der Waals surface area contributed by atoms with E-state index in [0.717, 1.165) is 24.3 Å². The van der Waals surface area contributed by atoms with Crippen LogP contribution in [-0.2, 0) is 6.54 Å². The molecule has 0 aliphatic rings. The van der Waals surface area contributed by atoms with E-state index in [-0.39, 0.29) is 5.78 Å². The van der Waals surface area contributed by atoms with Gasteiger partial charge in [-0.1, -0.05) is 19.1 Å². The van der Waals surface area contributed by atoms with Crippen LogP contribution in [0.1, 0.15) is 35.0 Å². The van der Waals surface area contributed by atoms with E-state index < -0.39 is 0 Å². The summed E-state index contributed by atoms with van der Waals surface area (Å²) < 4.78 is 7.00. The Kier molecular flexibility index (Phi) is 4.00. The third kappa shape index (κ3) is 2.67. The number of ether oxygens (including phenoxy) is 1. The van der Waals surface area contributed by atoms with Crippen LogP contribution in [0.2, 0.25) is 0 Å². The van der Waals surface area contributed by atoms with Crippen LogP contribution in [0.25, 0.3) is 0 Å². The van der Waals surface area contributed by atoms with Gasteiger partial charge in [0, 0.05) is 18.3 Å². The maximum atomic E-state index is 12.5. The predicted octanol–water partition coefficient (Wildman–Crippen LogP) is 2.84. The highest BCUT2D eigenvalue weighted by Gasteiger charge is 2.15. The molecule has 0 saturated carbocycles. The summed E-state index contributed by atoms with van der Waals surface area (Å²) in [5.41, 5.74) is 2.26. The number of aryl methyl sites for hydroxylation is 2. The molecule has 0 unspecified atom stereocenters. The number of benzene rings is 1. The molecule has 0 aliphatic heterocycles. The van der Waals surface area contributed by atoms with Crippen molar-refractivity contribution in [3.63, 3.8) is 0 Å². The van der Waals surface area contributed by atoms with Crippen molar-refractivity contribution in [3.05, 3.63) is 47.3 Å². The van der Waals surface area contributed by atoms with E-state index in [1.54, 1.807) is 30.1 Å².